The maximum Gasteiger partial charge on any atom is 0.346 e. The molecule has 0 fully saturated rings. The van der Waals surface area contributed by atoms with Gasteiger partial charge >= 0.3 is 5.97 Å². The Bertz CT molecular complexity index is 3510. The highest BCUT2D eigenvalue weighted by Crippen LogP contribution is 2.52. The molecule has 57 heavy (non-hydrogen) atoms. The lowest BCUT2D eigenvalue weighted by Gasteiger charge is -2.22. The molecule has 1 aliphatic rings. The smallest absolute Gasteiger partial charge is 0.346 e. The monoisotopic (exact) mass is 767 g/mol. The number of carboxylic acid groups (broad SMARTS) is 1. The standard InChI is InChI=1S/C50H29N3O2S2/c1-50(2)40-20-30(11-13-34(40)35-14-12-31(21-41(35)50)44-24-46-45(57-44)22-33(56-46)15-32(25-51)49(54)55)42-23-43-36-16-26-7-3-4-8-27(26)17-37(36)47-38-18-28-9-5-6-10-29(28)19-39(38)48(52-42)53(43)47/h3-24H,1-2H3,(H,54,55)/b32-15-. The minimum absolute atomic E-state index is 0.242. The zero-order valence-corrected chi connectivity index (χ0v) is 32.3. The third-order valence-corrected chi connectivity index (χ3v) is 14.4. The lowest BCUT2D eigenvalue weighted by atomic mass is 9.81. The van der Waals surface area contributed by atoms with Crippen molar-refractivity contribution in [3.05, 3.63) is 149 Å². The molecule has 0 spiro atoms. The summed E-state index contributed by atoms with van der Waals surface area (Å²) in [6, 6.07) is 48.5. The lowest BCUT2D eigenvalue weighted by Crippen LogP contribution is -2.15. The number of nitrogens with zero attached hydrogens (tertiary/aromatic N) is 3. The lowest BCUT2D eigenvalue weighted by molar-refractivity contribution is -0.132. The van der Waals surface area contributed by atoms with Crippen molar-refractivity contribution in [3.63, 3.8) is 0 Å². The van der Waals surface area contributed by atoms with Crippen molar-refractivity contribution in [2.24, 2.45) is 0 Å². The molecule has 1 aliphatic carbocycles. The Labute approximate surface area is 333 Å². The fraction of sp³-hybridized carbons (Fsp3) is 0.0600. The minimum Gasteiger partial charge on any atom is -0.477 e. The molecular weight excluding hydrogens is 739 g/mol. The second-order valence-electron chi connectivity index (χ2n) is 15.6. The number of carboxylic acids is 1. The van der Waals surface area contributed by atoms with Gasteiger partial charge in [0.25, 0.3) is 0 Å². The van der Waals surface area contributed by atoms with Crippen LogP contribution in [0.15, 0.2) is 133 Å². The third-order valence-electron chi connectivity index (χ3n) is 12.1. The number of thiophene rings is 2. The Morgan fingerprint density at radius 2 is 1.28 bits per heavy atom. The van der Waals surface area contributed by atoms with E-state index in [1.54, 1.807) is 17.4 Å². The predicted octanol–water partition coefficient (Wildman–Crippen LogP) is 13.4. The first-order valence-corrected chi connectivity index (χ1v) is 20.5. The summed E-state index contributed by atoms with van der Waals surface area (Å²) in [4.78, 5) is 18.8. The number of aliphatic carboxylic acids is 1. The van der Waals surface area contributed by atoms with Gasteiger partial charge in [0.15, 0.2) is 0 Å². The van der Waals surface area contributed by atoms with E-state index in [2.05, 4.69) is 140 Å². The number of aromatic nitrogens is 2. The maximum atomic E-state index is 11.4. The van der Waals surface area contributed by atoms with Crippen molar-refractivity contribution in [3.8, 4) is 38.9 Å². The van der Waals surface area contributed by atoms with Gasteiger partial charge in [0, 0.05) is 51.7 Å². The van der Waals surface area contributed by atoms with E-state index in [9.17, 15) is 15.2 Å². The van der Waals surface area contributed by atoms with Crippen LogP contribution in [0.25, 0.3) is 108 Å². The number of hydrogen-bond donors (Lipinski definition) is 1. The summed E-state index contributed by atoms with van der Waals surface area (Å²) >= 11 is 3.20. The normalized spacial score (nSPS) is 13.8. The van der Waals surface area contributed by atoms with E-state index >= 15 is 0 Å². The van der Waals surface area contributed by atoms with E-state index in [1.807, 2.05) is 6.07 Å². The molecule has 11 aromatic rings. The Morgan fingerprint density at radius 3 is 1.91 bits per heavy atom. The molecular formula is C50H29N3O2S2. The van der Waals surface area contributed by atoms with Gasteiger partial charge in [-0.25, -0.2) is 9.78 Å². The molecule has 12 rings (SSSR count). The van der Waals surface area contributed by atoms with Crippen LogP contribution in [0.1, 0.15) is 29.9 Å². The SMILES string of the molecule is CC1(C)c2cc(-c3cc4c5cc6ccccc6cc5c5c6cc7ccccc7cc6c(n3)n45)ccc2-c2ccc(-c3cc4sc(/C=C(/C#N)C(=O)O)cc4s3)cc21. The molecule has 0 bridgehead atoms. The molecule has 0 atom stereocenters. The molecule has 0 unspecified atom stereocenters. The molecule has 268 valence electrons. The molecule has 0 saturated heterocycles. The van der Waals surface area contributed by atoms with Gasteiger partial charge in [0.1, 0.15) is 17.3 Å². The Balaban J connectivity index is 0.993. The van der Waals surface area contributed by atoms with E-state index in [-0.39, 0.29) is 11.0 Å². The first-order valence-electron chi connectivity index (χ1n) is 18.8. The van der Waals surface area contributed by atoms with E-state index < -0.39 is 5.97 Å². The van der Waals surface area contributed by atoms with Crippen molar-refractivity contribution in [1.29, 1.82) is 5.26 Å². The van der Waals surface area contributed by atoms with Crippen molar-refractivity contribution in [1.82, 2.24) is 9.38 Å². The van der Waals surface area contributed by atoms with E-state index in [0.717, 1.165) is 41.6 Å². The largest absolute Gasteiger partial charge is 0.477 e. The van der Waals surface area contributed by atoms with Crippen molar-refractivity contribution in [2.75, 3.05) is 0 Å². The van der Waals surface area contributed by atoms with Crippen LogP contribution in [0.5, 0.6) is 0 Å². The average molecular weight is 768 g/mol. The van der Waals surface area contributed by atoms with Crippen molar-refractivity contribution < 1.29 is 9.90 Å². The summed E-state index contributed by atoms with van der Waals surface area (Å²) in [5, 5.41) is 28.3. The van der Waals surface area contributed by atoms with Crippen LogP contribution in [0, 0.1) is 11.3 Å². The van der Waals surface area contributed by atoms with Gasteiger partial charge in [-0.2, -0.15) is 5.26 Å². The van der Waals surface area contributed by atoms with Gasteiger partial charge in [0.05, 0.1) is 16.7 Å². The number of nitriles is 1. The fourth-order valence-corrected chi connectivity index (χ4v) is 11.7. The molecule has 7 heteroatoms. The second kappa shape index (κ2) is 11.4. The molecule has 0 saturated carbocycles. The van der Waals surface area contributed by atoms with Gasteiger partial charge in [-0.3, -0.25) is 4.40 Å². The summed E-state index contributed by atoms with van der Waals surface area (Å²) < 4.78 is 4.55. The zero-order chi connectivity index (χ0) is 38.3. The predicted molar refractivity (Wildman–Crippen MR) is 237 cm³/mol. The summed E-state index contributed by atoms with van der Waals surface area (Å²) in [6.07, 6.45) is 1.45. The number of fused-ring (bicyclic) bond motifs is 12. The summed E-state index contributed by atoms with van der Waals surface area (Å²) in [7, 11) is 0. The maximum absolute atomic E-state index is 11.4. The van der Waals surface area contributed by atoms with Crippen LogP contribution in [-0.4, -0.2) is 20.5 Å². The van der Waals surface area contributed by atoms with Gasteiger partial charge in [-0.05, 0) is 110 Å². The zero-order valence-electron chi connectivity index (χ0n) is 30.7. The number of benzene rings is 6. The first kappa shape index (κ1) is 32.4. The summed E-state index contributed by atoms with van der Waals surface area (Å²) in [6.45, 7) is 4.64. The van der Waals surface area contributed by atoms with Crippen LogP contribution in [0.2, 0.25) is 0 Å². The molecule has 0 amide bonds. The Hall–Kier alpha value is -6.85. The number of hydrogen-bond acceptors (Lipinski definition) is 5. The van der Waals surface area contributed by atoms with Crippen LogP contribution in [0.4, 0.5) is 0 Å². The second-order valence-corrected chi connectivity index (χ2v) is 17.8. The molecule has 6 aromatic carbocycles. The van der Waals surface area contributed by atoms with Crippen LogP contribution in [-0.2, 0) is 10.2 Å². The minimum atomic E-state index is -1.21. The Kier molecular flexibility index (Phi) is 6.46. The molecule has 0 aliphatic heterocycles. The van der Waals surface area contributed by atoms with Crippen LogP contribution < -0.4 is 0 Å². The molecule has 5 heterocycles. The quantitative estimate of drug-likeness (QED) is 0.143. The van der Waals surface area contributed by atoms with E-state index in [4.69, 9.17) is 4.98 Å². The van der Waals surface area contributed by atoms with Gasteiger partial charge in [-0.1, -0.05) is 86.6 Å². The highest BCUT2D eigenvalue weighted by Gasteiger charge is 2.36. The highest BCUT2D eigenvalue weighted by atomic mass is 32.1. The highest BCUT2D eigenvalue weighted by molar-refractivity contribution is 7.29. The van der Waals surface area contributed by atoms with E-state index in [0.29, 0.717) is 0 Å². The first-order chi connectivity index (χ1) is 27.7. The van der Waals surface area contributed by atoms with Gasteiger partial charge in [0.2, 0.25) is 0 Å². The number of rotatable bonds is 4. The molecule has 0 radical (unpaired) electrons. The topological polar surface area (TPSA) is 78.4 Å². The van der Waals surface area contributed by atoms with Crippen LogP contribution >= 0.6 is 22.7 Å². The van der Waals surface area contributed by atoms with Crippen molar-refractivity contribution >= 4 is 104 Å². The molecule has 5 nitrogen and oxygen atoms in total. The van der Waals surface area contributed by atoms with Gasteiger partial charge in [-0.15, -0.1) is 22.7 Å². The van der Waals surface area contributed by atoms with E-state index in [1.165, 1.54) is 93.8 Å². The third kappa shape index (κ3) is 4.54. The summed E-state index contributed by atoms with van der Waals surface area (Å²) in [5.41, 5.74) is 11.2. The van der Waals surface area contributed by atoms with Crippen molar-refractivity contribution in [2.45, 2.75) is 19.3 Å². The average Bonchev–Trinajstić information content (AvgIpc) is 4.01. The summed E-state index contributed by atoms with van der Waals surface area (Å²) in [5.74, 6) is -1.21. The van der Waals surface area contributed by atoms with Gasteiger partial charge < -0.3 is 5.11 Å². The molecule has 1 N–H and O–H groups in total. The fourth-order valence-electron chi connectivity index (χ4n) is 9.31. The molecule has 5 aromatic heterocycles. The van der Waals surface area contributed by atoms with Crippen LogP contribution in [0.3, 0.4) is 0 Å². The Morgan fingerprint density at radius 1 is 0.702 bits per heavy atom. The number of carbonyl (C=O) groups is 1.